The van der Waals surface area contributed by atoms with Crippen molar-refractivity contribution in [2.45, 2.75) is 52.2 Å². The Kier molecular flexibility index (Phi) is 6.38. The molecule has 1 aromatic rings. The monoisotopic (exact) mass is 521 g/mol. The van der Waals surface area contributed by atoms with E-state index in [0.717, 1.165) is 5.69 Å². The molecule has 1 N–H and O–H groups in total. The molecule has 2 unspecified atom stereocenters. The maximum atomic E-state index is 13.9. The van der Waals surface area contributed by atoms with Crippen LogP contribution in [0.5, 0.6) is 0 Å². The molecule has 0 bridgehead atoms. The highest BCUT2D eigenvalue weighted by molar-refractivity contribution is 6.51. The van der Waals surface area contributed by atoms with Crippen molar-refractivity contribution >= 4 is 35.0 Å². The van der Waals surface area contributed by atoms with Gasteiger partial charge in [-0.05, 0) is 31.1 Å². The number of esters is 2. The maximum Gasteiger partial charge on any atom is 0.336 e. The third-order valence-corrected chi connectivity index (χ3v) is 8.70. The molecule has 200 valence electrons. The van der Waals surface area contributed by atoms with Crippen molar-refractivity contribution in [2.24, 2.45) is 16.7 Å². The molecule has 5 atom stereocenters. The maximum absolute atomic E-state index is 13.9. The van der Waals surface area contributed by atoms with E-state index in [0.29, 0.717) is 12.0 Å². The summed E-state index contributed by atoms with van der Waals surface area (Å²) in [4.78, 5) is 66.3. The number of para-hydroxylation sites is 1. The molecule has 4 aliphatic rings. The zero-order chi connectivity index (χ0) is 27.4. The summed E-state index contributed by atoms with van der Waals surface area (Å²) in [5, 5.41) is 3.14. The van der Waals surface area contributed by atoms with Gasteiger partial charge in [0, 0.05) is 61.6 Å². The highest BCUT2D eigenvalue weighted by atomic mass is 16.6. The first kappa shape index (κ1) is 26.0. The van der Waals surface area contributed by atoms with Gasteiger partial charge in [0.1, 0.15) is 18.0 Å². The summed E-state index contributed by atoms with van der Waals surface area (Å²) < 4.78 is 17.0. The molecule has 0 radical (unpaired) electrons. The average molecular weight is 522 g/mol. The van der Waals surface area contributed by atoms with Crippen molar-refractivity contribution in [3.05, 3.63) is 52.6 Å². The van der Waals surface area contributed by atoms with Crippen LogP contribution in [0.15, 0.2) is 52.6 Å². The van der Waals surface area contributed by atoms with E-state index in [-0.39, 0.29) is 48.5 Å². The van der Waals surface area contributed by atoms with Gasteiger partial charge in [0.25, 0.3) is 0 Å². The van der Waals surface area contributed by atoms with E-state index in [9.17, 15) is 24.0 Å². The molecule has 1 aromatic carbocycles. The van der Waals surface area contributed by atoms with E-state index >= 15 is 0 Å². The normalized spacial score (nSPS) is 32.5. The molecule has 9 nitrogen and oxygen atoms in total. The highest BCUT2D eigenvalue weighted by Gasteiger charge is 2.65. The molecule has 1 fully saturated rings. The number of anilines is 1. The second-order valence-electron chi connectivity index (χ2n) is 10.8. The van der Waals surface area contributed by atoms with Gasteiger partial charge in [0.2, 0.25) is 11.6 Å². The van der Waals surface area contributed by atoms with E-state index in [2.05, 4.69) is 5.32 Å². The Morgan fingerprint density at radius 3 is 2.47 bits per heavy atom. The molecule has 0 spiro atoms. The summed E-state index contributed by atoms with van der Waals surface area (Å²) in [6, 6.07) is 9.14. The zero-order valence-electron chi connectivity index (χ0n) is 21.9. The minimum atomic E-state index is -1.30. The second-order valence-corrected chi connectivity index (χ2v) is 10.8. The Morgan fingerprint density at radius 1 is 1.11 bits per heavy atom. The number of hydrogen-bond donors (Lipinski definition) is 1. The molecule has 0 amide bonds. The summed E-state index contributed by atoms with van der Waals surface area (Å²) in [6.07, 6.45) is -1.01. The molecule has 1 saturated carbocycles. The van der Waals surface area contributed by atoms with Gasteiger partial charge >= 0.3 is 11.9 Å². The Balaban J connectivity index is 1.74. The number of ether oxygens (including phenoxy) is 3. The smallest absolute Gasteiger partial charge is 0.336 e. The number of fused-ring (bicyclic) bond motifs is 4. The molecule has 0 saturated heterocycles. The summed E-state index contributed by atoms with van der Waals surface area (Å²) in [5.74, 6) is -3.34. The molecule has 38 heavy (non-hydrogen) atoms. The Labute approximate surface area is 220 Å². The molecule has 0 aromatic heterocycles. The fourth-order valence-electron chi connectivity index (χ4n) is 6.91. The van der Waals surface area contributed by atoms with Crippen LogP contribution in [0.2, 0.25) is 0 Å². The average Bonchev–Trinajstić information content (AvgIpc) is 3.16. The third kappa shape index (κ3) is 3.74. The molecule has 9 heteroatoms. The van der Waals surface area contributed by atoms with Crippen LogP contribution in [0.25, 0.3) is 0 Å². The number of ketones is 3. The molecule has 5 rings (SSSR count). The number of nitrogens with one attached hydrogen (secondary N) is 1. The molecule has 1 heterocycles. The fraction of sp³-hybridized carbons (Fsp3) is 0.483. The molecule has 3 aliphatic carbocycles. The largest absolute Gasteiger partial charge is 0.458 e. The van der Waals surface area contributed by atoms with Crippen molar-refractivity contribution in [3.8, 4) is 0 Å². The number of cyclic esters (lactones) is 1. The van der Waals surface area contributed by atoms with E-state index < -0.39 is 52.5 Å². The van der Waals surface area contributed by atoms with Crippen LogP contribution in [0.1, 0.15) is 40.0 Å². The molecular weight excluding hydrogens is 490 g/mol. The number of Topliss-reactive ketones (excluding diaryl/α,β-unsaturated/α-hetero) is 3. The van der Waals surface area contributed by atoms with E-state index in [1.807, 2.05) is 30.3 Å². The predicted molar refractivity (Wildman–Crippen MR) is 135 cm³/mol. The summed E-state index contributed by atoms with van der Waals surface area (Å²) in [6.45, 7) is 4.70. The minimum absolute atomic E-state index is 0.0193. The first-order chi connectivity index (χ1) is 18.0. The number of hydrogen-bond acceptors (Lipinski definition) is 9. The van der Waals surface area contributed by atoms with Gasteiger partial charge in [-0.1, -0.05) is 25.1 Å². The number of carbonyl (C=O) groups is 5. The SMILES string of the molecule is COC[C@H]1OC(=O)C(CNc2ccccc2)=C2C(=O)C(=O)C3=C([C@H](OC(C)=O)CC4(C)C(=O)CC[C@@H]34)C21C. The lowest BCUT2D eigenvalue weighted by molar-refractivity contribution is -0.161. The number of benzene rings is 1. The van der Waals surface area contributed by atoms with Gasteiger partial charge in [-0.25, -0.2) is 4.79 Å². The van der Waals surface area contributed by atoms with Gasteiger partial charge in [-0.15, -0.1) is 0 Å². The van der Waals surface area contributed by atoms with Crippen LogP contribution in [0.3, 0.4) is 0 Å². The Morgan fingerprint density at radius 2 is 1.82 bits per heavy atom. The molecule has 1 aliphatic heterocycles. The predicted octanol–water partition coefficient (Wildman–Crippen LogP) is 2.74. The van der Waals surface area contributed by atoms with Gasteiger partial charge in [0.05, 0.1) is 17.6 Å². The molecular formula is C29H31NO8. The standard InChI is InChI=1S/C29H31NO8/c1-15(31)37-19-12-28(2)18(10-11-20(28)32)22-24(19)29(3)21(14-36-4)38-27(35)17(23(29)26(34)25(22)33)13-30-16-8-6-5-7-9-16/h5-9,18-19,21,30H,10-14H2,1-4H3/t18-,19+,21+,28?,29?/m0/s1. The van der Waals surface area contributed by atoms with Crippen LogP contribution in [-0.2, 0) is 38.2 Å². The van der Waals surface area contributed by atoms with Crippen molar-refractivity contribution < 1.29 is 38.2 Å². The second kappa shape index (κ2) is 9.31. The summed E-state index contributed by atoms with van der Waals surface area (Å²) in [5.41, 5.74) is -0.770. The van der Waals surface area contributed by atoms with E-state index in [1.165, 1.54) is 14.0 Å². The van der Waals surface area contributed by atoms with Gasteiger partial charge in [0.15, 0.2) is 0 Å². The van der Waals surface area contributed by atoms with Crippen molar-refractivity contribution in [1.29, 1.82) is 0 Å². The number of allylic oxidation sites excluding steroid dienone is 1. The van der Waals surface area contributed by atoms with Crippen LogP contribution < -0.4 is 5.32 Å². The lowest BCUT2D eigenvalue weighted by atomic mass is 9.52. The van der Waals surface area contributed by atoms with Gasteiger partial charge in [-0.3, -0.25) is 19.2 Å². The van der Waals surface area contributed by atoms with Crippen LogP contribution >= 0.6 is 0 Å². The highest BCUT2D eigenvalue weighted by Crippen LogP contribution is 2.61. The first-order valence-corrected chi connectivity index (χ1v) is 12.8. The Hall–Kier alpha value is -3.59. The van der Waals surface area contributed by atoms with Gasteiger partial charge < -0.3 is 19.5 Å². The third-order valence-electron chi connectivity index (χ3n) is 8.70. The number of carbonyl (C=O) groups excluding carboxylic acids is 5. The lowest BCUT2D eigenvalue weighted by Crippen LogP contribution is -2.59. The van der Waals surface area contributed by atoms with E-state index in [4.69, 9.17) is 14.2 Å². The topological polar surface area (TPSA) is 125 Å². The van der Waals surface area contributed by atoms with Crippen molar-refractivity contribution in [3.63, 3.8) is 0 Å². The van der Waals surface area contributed by atoms with Crippen molar-refractivity contribution in [2.75, 3.05) is 25.6 Å². The Bertz CT molecular complexity index is 1310. The van der Waals surface area contributed by atoms with Crippen LogP contribution in [0.4, 0.5) is 5.69 Å². The number of methoxy groups -OCH3 is 1. The van der Waals surface area contributed by atoms with Gasteiger partial charge in [-0.2, -0.15) is 0 Å². The minimum Gasteiger partial charge on any atom is -0.458 e. The quantitative estimate of drug-likeness (QED) is 0.444. The lowest BCUT2D eigenvalue weighted by Gasteiger charge is -2.53. The van der Waals surface area contributed by atoms with Crippen LogP contribution in [-0.4, -0.2) is 61.8 Å². The van der Waals surface area contributed by atoms with E-state index in [1.54, 1.807) is 13.8 Å². The summed E-state index contributed by atoms with van der Waals surface area (Å²) >= 11 is 0. The van der Waals surface area contributed by atoms with Crippen LogP contribution in [0, 0.1) is 16.7 Å². The zero-order valence-corrected chi connectivity index (χ0v) is 21.9. The fourth-order valence-corrected chi connectivity index (χ4v) is 6.91. The van der Waals surface area contributed by atoms with Crippen molar-refractivity contribution in [1.82, 2.24) is 0 Å². The summed E-state index contributed by atoms with van der Waals surface area (Å²) in [7, 11) is 1.45. The number of rotatable bonds is 6. The first-order valence-electron chi connectivity index (χ1n) is 12.8.